The highest BCUT2D eigenvalue weighted by Gasteiger charge is 2.15. The summed E-state index contributed by atoms with van der Waals surface area (Å²) in [5, 5.41) is 6.93. The molecular formula is C13H24N4. The molecule has 2 rings (SSSR count). The van der Waals surface area contributed by atoms with Gasteiger partial charge in [-0.05, 0) is 25.5 Å². The smallest absolute Gasteiger partial charge is 0.0193 e. The van der Waals surface area contributed by atoms with E-state index in [1.807, 2.05) is 6.20 Å². The second kappa shape index (κ2) is 6.79. The number of aromatic nitrogens is 1. The first-order chi connectivity index (χ1) is 8.36. The lowest BCUT2D eigenvalue weighted by Crippen LogP contribution is -2.50. The number of nitrogens with zero attached hydrogens (tertiary/aromatic N) is 1. The van der Waals surface area contributed by atoms with Crippen LogP contribution in [0, 0.1) is 0 Å². The first-order valence-corrected chi connectivity index (χ1v) is 6.64. The Labute approximate surface area is 104 Å². The average Bonchev–Trinajstić information content (AvgIpc) is 2.88. The Balaban J connectivity index is 1.57. The fraction of sp³-hybridized carbons (Fsp3) is 0.692. The predicted molar refractivity (Wildman–Crippen MR) is 71.3 cm³/mol. The van der Waals surface area contributed by atoms with Gasteiger partial charge in [0.25, 0.3) is 0 Å². The molecule has 0 aliphatic carbocycles. The van der Waals surface area contributed by atoms with E-state index >= 15 is 0 Å². The third kappa shape index (κ3) is 4.15. The fourth-order valence-corrected chi connectivity index (χ4v) is 2.31. The maximum Gasteiger partial charge on any atom is 0.0193 e. The van der Waals surface area contributed by atoms with Crippen LogP contribution < -0.4 is 10.6 Å². The second-order valence-corrected chi connectivity index (χ2v) is 4.78. The van der Waals surface area contributed by atoms with Gasteiger partial charge >= 0.3 is 0 Å². The molecule has 2 heterocycles. The molecular weight excluding hydrogens is 212 g/mol. The molecule has 17 heavy (non-hydrogen) atoms. The summed E-state index contributed by atoms with van der Waals surface area (Å²) >= 11 is 0. The zero-order valence-electron chi connectivity index (χ0n) is 10.7. The number of hydrogen-bond donors (Lipinski definition) is 3. The van der Waals surface area contributed by atoms with Crippen molar-refractivity contribution in [2.75, 3.05) is 39.3 Å². The van der Waals surface area contributed by atoms with Crippen molar-refractivity contribution in [1.82, 2.24) is 20.5 Å². The maximum absolute atomic E-state index is 3.54. The zero-order chi connectivity index (χ0) is 11.9. The number of aromatic amines is 1. The summed E-state index contributed by atoms with van der Waals surface area (Å²) < 4.78 is 0. The standard InChI is InChI=1S/C13H24N4/c1-12(17-9-7-14-8-10-17)11-15-6-4-13-3-2-5-16-13/h2-3,5,12,14-16H,4,6-11H2,1H3. The van der Waals surface area contributed by atoms with Crippen molar-refractivity contribution in [2.45, 2.75) is 19.4 Å². The van der Waals surface area contributed by atoms with Gasteiger partial charge in [0.15, 0.2) is 0 Å². The van der Waals surface area contributed by atoms with Crippen molar-refractivity contribution in [2.24, 2.45) is 0 Å². The molecule has 0 aromatic carbocycles. The fourth-order valence-electron chi connectivity index (χ4n) is 2.31. The highest BCUT2D eigenvalue weighted by molar-refractivity contribution is 5.03. The monoisotopic (exact) mass is 236 g/mol. The average molecular weight is 236 g/mol. The highest BCUT2D eigenvalue weighted by Crippen LogP contribution is 2.00. The van der Waals surface area contributed by atoms with Gasteiger partial charge in [-0.1, -0.05) is 0 Å². The van der Waals surface area contributed by atoms with Gasteiger partial charge in [-0.3, -0.25) is 4.90 Å². The van der Waals surface area contributed by atoms with Crippen molar-refractivity contribution in [3.8, 4) is 0 Å². The number of nitrogens with one attached hydrogen (secondary N) is 3. The van der Waals surface area contributed by atoms with Crippen LogP contribution in [0.5, 0.6) is 0 Å². The van der Waals surface area contributed by atoms with E-state index in [1.54, 1.807) is 0 Å². The second-order valence-electron chi connectivity index (χ2n) is 4.78. The number of piperazine rings is 1. The largest absolute Gasteiger partial charge is 0.365 e. The third-order valence-corrected chi connectivity index (χ3v) is 3.45. The molecule has 1 fully saturated rings. The quantitative estimate of drug-likeness (QED) is 0.628. The predicted octanol–water partition coefficient (Wildman–Crippen LogP) is 0.441. The van der Waals surface area contributed by atoms with E-state index in [0.717, 1.165) is 32.6 Å². The Morgan fingerprint density at radius 3 is 2.94 bits per heavy atom. The van der Waals surface area contributed by atoms with E-state index in [0.29, 0.717) is 6.04 Å². The van der Waals surface area contributed by atoms with Crippen molar-refractivity contribution in [3.05, 3.63) is 24.0 Å². The van der Waals surface area contributed by atoms with E-state index in [2.05, 4.69) is 39.6 Å². The van der Waals surface area contributed by atoms with Crippen LogP contribution in [0.2, 0.25) is 0 Å². The first-order valence-electron chi connectivity index (χ1n) is 6.64. The van der Waals surface area contributed by atoms with Gasteiger partial charge in [0, 0.05) is 57.2 Å². The van der Waals surface area contributed by atoms with Gasteiger partial charge in [0.05, 0.1) is 0 Å². The maximum atomic E-state index is 3.54. The Morgan fingerprint density at radius 2 is 2.24 bits per heavy atom. The van der Waals surface area contributed by atoms with Crippen molar-refractivity contribution in [1.29, 1.82) is 0 Å². The minimum absolute atomic E-state index is 0.640. The molecule has 1 aromatic rings. The molecule has 0 spiro atoms. The van der Waals surface area contributed by atoms with Crippen LogP contribution in [0.15, 0.2) is 18.3 Å². The van der Waals surface area contributed by atoms with Crippen molar-refractivity contribution >= 4 is 0 Å². The van der Waals surface area contributed by atoms with Crippen molar-refractivity contribution < 1.29 is 0 Å². The molecule has 1 atom stereocenters. The topological polar surface area (TPSA) is 43.1 Å². The molecule has 96 valence electrons. The van der Waals surface area contributed by atoms with E-state index < -0.39 is 0 Å². The first kappa shape index (κ1) is 12.6. The summed E-state index contributed by atoms with van der Waals surface area (Å²) in [4.78, 5) is 5.78. The molecule has 0 radical (unpaired) electrons. The summed E-state index contributed by atoms with van der Waals surface area (Å²) in [5.41, 5.74) is 1.31. The lowest BCUT2D eigenvalue weighted by Gasteiger charge is -2.32. The molecule has 0 saturated carbocycles. The zero-order valence-corrected chi connectivity index (χ0v) is 10.7. The summed E-state index contributed by atoms with van der Waals surface area (Å²) in [5.74, 6) is 0. The number of hydrogen-bond acceptors (Lipinski definition) is 3. The lowest BCUT2D eigenvalue weighted by molar-refractivity contribution is 0.181. The van der Waals surface area contributed by atoms with Gasteiger partial charge in [-0.2, -0.15) is 0 Å². The summed E-state index contributed by atoms with van der Waals surface area (Å²) in [7, 11) is 0. The van der Waals surface area contributed by atoms with Crippen LogP contribution in [0.4, 0.5) is 0 Å². The van der Waals surface area contributed by atoms with E-state index in [-0.39, 0.29) is 0 Å². The van der Waals surface area contributed by atoms with Crippen LogP contribution in [0.25, 0.3) is 0 Å². The van der Waals surface area contributed by atoms with Gasteiger partial charge in [-0.25, -0.2) is 0 Å². The van der Waals surface area contributed by atoms with Crippen LogP contribution in [-0.4, -0.2) is 55.2 Å². The van der Waals surface area contributed by atoms with Gasteiger partial charge < -0.3 is 15.6 Å². The molecule has 0 amide bonds. The minimum atomic E-state index is 0.640. The van der Waals surface area contributed by atoms with E-state index in [1.165, 1.54) is 18.8 Å². The molecule has 1 saturated heterocycles. The molecule has 1 aliphatic heterocycles. The van der Waals surface area contributed by atoms with Gasteiger partial charge in [-0.15, -0.1) is 0 Å². The van der Waals surface area contributed by atoms with Crippen LogP contribution in [0.1, 0.15) is 12.6 Å². The number of rotatable bonds is 6. The molecule has 4 nitrogen and oxygen atoms in total. The third-order valence-electron chi connectivity index (χ3n) is 3.45. The van der Waals surface area contributed by atoms with Gasteiger partial charge in [0.2, 0.25) is 0 Å². The van der Waals surface area contributed by atoms with Gasteiger partial charge in [0.1, 0.15) is 0 Å². The van der Waals surface area contributed by atoms with Crippen LogP contribution in [-0.2, 0) is 6.42 Å². The number of H-pyrrole nitrogens is 1. The summed E-state index contributed by atoms with van der Waals surface area (Å²) in [6.07, 6.45) is 3.07. The molecule has 1 aromatic heterocycles. The Hall–Kier alpha value is -0.840. The SMILES string of the molecule is CC(CNCCc1ccc[nH]1)N1CCNCC1. The Morgan fingerprint density at radius 1 is 1.41 bits per heavy atom. The van der Waals surface area contributed by atoms with E-state index in [9.17, 15) is 0 Å². The lowest BCUT2D eigenvalue weighted by atomic mass is 10.2. The van der Waals surface area contributed by atoms with Crippen LogP contribution in [0.3, 0.4) is 0 Å². The Bertz CT molecular complexity index is 290. The van der Waals surface area contributed by atoms with Crippen LogP contribution >= 0.6 is 0 Å². The normalized spacial score (nSPS) is 19.4. The highest BCUT2D eigenvalue weighted by atomic mass is 15.2. The van der Waals surface area contributed by atoms with E-state index in [4.69, 9.17) is 0 Å². The minimum Gasteiger partial charge on any atom is -0.365 e. The molecule has 1 unspecified atom stereocenters. The molecule has 3 N–H and O–H groups in total. The van der Waals surface area contributed by atoms with Crippen molar-refractivity contribution in [3.63, 3.8) is 0 Å². The molecule has 4 heteroatoms. The summed E-state index contributed by atoms with van der Waals surface area (Å²) in [6.45, 7) is 9.07. The summed E-state index contributed by atoms with van der Waals surface area (Å²) in [6, 6.07) is 4.83. The molecule has 1 aliphatic rings. The molecule has 0 bridgehead atoms. The Kier molecular flexibility index (Phi) is 5.04.